The van der Waals surface area contributed by atoms with Crippen LogP contribution in [0.1, 0.15) is 32.6 Å². The van der Waals surface area contributed by atoms with Crippen LogP contribution in [0.25, 0.3) is 0 Å². The molecule has 0 heterocycles. The van der Waals surface area contributed by atoms with Gasteiger partial charge in [0.25, 0.3) is 0 Å². The summed E-state index contributed by atoms with van der Waals surface area (Å²) in [5.41, 5.74) is 0. The third kappa shape index (κ3) is 1.44. The molecule has 0 aromatic rings. The average molecular weight is 248 g/mol. The molecule has 3 aliphatic carbocycles. The summed E-state index contributed by atoms with van der Waals surface area (Å²) in [6, 6.07) is 0. The van der Waals surface area contributed by atoms with Crippen molar-refractivity contribution in [3.8, 4) is 0 Å². The zero-order valence-corrected chi connectivity index (χ0v) is 12.6. The molecule has 3 rings (SSSR count). The second-order valence-electron chi connectivity index (χ2n) is 6.23. The summed E-state index contributed by atoms with van der Waals surface area (Å²) in [6.45, 7) is 1.99. The molecule has 5 unspecified atom stereocenters. The molecule has 92 valence electrons. The lowest BCUT2D eigenvalue weighted by Crippen LogP contribution is -2.29. The first-order chi connectivity index (χ1) is 8.06. The topological polar surface area (TPSA) is 34.1 Å². The van der Waals surface area contributed by atoms with E-state index < -0.39 is 5.04 Å². The van der Waals surface area contributed by atoms with E-state index in [9.17, 15) is 9.59 Å². The third-order valence-corrected chi connectivity index (χ3v) is 7.21. The number of hydrogen-bond acceptors (Lipinski definition) is 2. The Morgan fingerprint density at radius 1 is 1.35 bits per heavy atom. The van der Waals surface area contributed by atoms with Crippen molar-refractivity contribution in [2.75, 3.05) is 0 Å². The lowest BCUT2D eigenvalue weighted by Gasteiger charge is -2.25. The van der Waals surface area contributed by atoms with Gasteiger partial charge in [-0.1, -0.05) is 19.1 Å². The maximum absolute atomic E-state index is 12.5. The molecule has 0 spiro atoms. The van der Waals surface area contributed by atoms with Gasteiger partial charge in [0, 0.05) is 22.6 Å². The monoisotopic (exact) mass is 248 g/mol. The highest BCUT2D eigenvalue weighted by Crippen LogP contribution is 2.53. The lowest BCUT2D eigenvalue weighted by molar-refractivity contribution is -0.127. The molecule has 2 fully saturated rings. The number of ketones is 2. The molecule has 0 amide bonds. The van der Waals surface area contributed by atoms with Crippen LogP contribution in [-0.2, 0) is 9.59 Å². The van der Waals surface area contributed by atoms with Crippen LogP contribution in [0, 0.1) is 23.7 Å². The summed E-state index contributed by atoms with van der Waals surface area (Å²) in [5, 5.41) is -0.532. The van der Waals surface area contributed by atoms with Crippen molar-refractivity contribution < 1.29 is 9.59 Å². The van der Waals surface area contributed by atoms with Crippen molar-refractivity contribution in [1.29, 1.82) is 0 Å². The van der Waals surface area contributed by atoms with Crippen LogP contribution in [0.2, 0.25) is 5.04 Å². The Bertz CT molecular complexity index is 414. The summed E-state index contributed by atoms with van der Waals surface area (Å²) in [4.78, 5) is 24.6. The minimum Gasteiger partial charge on any atom is -0.299 e. The number of rotatable bonds is 2. The zero-order valence-electron chi connectivity index (χ0n) is 10.6. The van der Waals surface area contributed by atoms with Gasteiger partial charge in [-0.15, -0.1) is 0 Å². The first kappa shape index (κ1) is 11.4. The number of carbonyl (C=O) groups excluding carboxylic acids is 2. The molecule has 2 bridgehead atoms. The van der Waals surface area contributed by atoms with Gasteiger partial charge in [-0.05, 0) is 37.0 Å². The summed E-state index contributed by atoms with van der Waals surface area (Å²) in [6.07, 6.45) is 8.23. The van der Waals surface area contributed by atoms with Gasteiger partial charge in [0.2, 0.25) is 0 Å². The van der Waals surface area contributed by atoms with Gasteiger partial charge in [0.1, 0.15) is 11.6 Å². The Kier molecular flexibility index (Phi) is 2.44. The second kappa shape index (κ2) is 3.64. The minimum atomic E-state index is -0.532. The van der Waals surface area contributed by atoms with E-state index in [1.54, 1.807) is 0 Å². The molecule has 0 saturated heterocycles. The van der Waals surface area contributed by atoms with Crippen LogP contribution in [-0.4, -0.2) is 21.8 Å². The highest BCUT2D eigenvalue weighted by molar-refractivity contribution is 6.44. The van der Waals surface area contributed by atoms with Gasteiger partial charge in [0.15, 0.2) is 0 Å². The van der Waals surface area contributed by atoms with Gasteiger partial charge in [-0.3, -0.25) is 9.59 Å². The standard InChI is InChI=1S/C14H20O2Si/c1-2-14(17)12(15)7-11(13(14)16)10-6-8-3-4-9(10)5-8/h3-4,8-11H,2,5-7H2,1,17H3. The Labute approximate surface area is 105 Å². The van der Waals surface area contributed by atoms with Gasteiger partial charge in [-0.25, -0.2) is 0 Å². The zero-order chi connectivity index (χ0) is 12.2. The number of Topliss-reactive ketones (excluding diaryl/α,β-unsaturated/α-hetero) is 2. The van der Waals surface area contributed by atoms with E-state index >= 15 is 0 Å². The average Bonchev–Trinajstić information content (AvgIpc) is 2.99. The first-order valence-corrected chi connectivity index (χ1v) is 7.82. The molecule has 17 heavy (non-hydrogen) atoms. The van der Waals surface area contributed by atoms with Crippen molar-refractivity contribution >= 4 is 21.8 Å². The van der Waals surface area contributed by atoms with E-state index in [-0.39, 0.29) is 11.7 Å². The SMILES string of the molecule is CCC1([SiH3])C(=O)CC(C2CC3C=CC2C3)C1=O. The smallest absolute Gasteiger partial charge is 0.146 e. The Morgan fingerprint density at radius 2 is 2.12 bits per heavy atom. The Balaban J connectivity index is 1.85. The molecular weight excluding hydrogens is 228 g/mol. The molecule has 3 heteroatoms. The fraction of sp³-hybridized carbons (Fsp3) is 0.714. The highest BCUT2D eigenvalue weighted by Gasteiger charge is 2.54. The van der Waals surface area contributed by atoms with E-state index in [2.05, 4.69) is 12.2 Å². The largest absolute Gasteiger partial charge is 0.299 e. The summed E-state index contributed by atoms with van der Waals surface area (Å²) in [7, 11) is 0.699. The molecule has 0 aromatic heterocycles. The van der Waals surface area contributed by atoms with Crippen LogP contribution < -0.4 is 0 Å². The first-order valence-electron chi connectivity index (χ1n) is 6.82. The quantitative estimate of drug-likeness (QED) is 0.419. The maximum Gasteiger partial charge on any atom is 0.146 e. The van der Waals surface area contributed by atoms with E-state index in [0.29, 0.717) is 40.2 Å². The summed E-state index contributed by atoms with van der Waals surface area (Å²) < 4.78 is 0. The molecular formula is C14H20O2Si. The number of carbonyl (C=O) groups is 2. The highest BCUT2D eigenvalue weighted by atomic mass is 28.1. The lowest BCUT2D eigenvalue weighted by atomic mass is 9.80. The molecule has 0 radical (unpaired) electrons. The molecule has 5 atom stereocenters. The maximum atomic E-state index is 12.5. The Morgan fingerprint density at radius 3 is 2.59 bits per heavy atom. The second-order valence-corrected chi connectivity index (χ2v) is 7.93. The molecule has 3 aliphatic rings. The number of hydrogen-bond donors (Lipinski definition) is 0. The van der Waals surface area contributed by atoms with Crippen molar-refractivity contribution in [3.63, 3.8) is 0 Å². The minimum absolute atomic E-state index is 0.0555. The summed E-state index contributed by atoms with van der Waals surface area (Å²) in [5.74, 6) is 2.35. The fourth-order valence-corrected chi connectivity index (χ4v) is 4.64. The van der Waals surface area contributed by atoms with E-state index in [4.69, 9.17) is 0 Å². The molecule has 0 aliphatic heterocycles. The van der Waals surface area contributed by atoms with E-state index in [1.165, 1.54) is 6.42 Å². The number of allylic oxidation sites excluding steroid dienone is 2. The van der Waals surface area contributed by atoms with Crippen LogP contribution in [0.4, 0.5) is 0 Å². The van der Waals surface area contributed by atoms with Crippen LogP contribution in [0.3, 0.4) is 0 Å². The van der Waals surface area contributed by atoms with E-state index in [0.717, 1.165) is 12.8 Å². The molecule has 2 nitrogen and oxygen atoms in total. The van der Waals surface area contributed by atoms with Crippen molar-refractivity contribution in [3.05, 3.63) is 12.2 Å². The number of fused-ring (bicyclic) bond motifs is 2. The van der Waals surface area contributed by atoms with Crippen LogP contribution in [0.15, 0.2) is 12.2 Å². The van der Waals surface area contributed by atoms with Crippen molar-refractivity contribution in [2.24, 2.45) is 23.7 Å². The van der Waals surface area contributed by atoms with Crippen molar-refractivity contribution in [1.82, 2.24) is 0 Å². The van der Waals surface area contributed by atoms with Crippen LogP contribution >= 0.6 is 0 Å². The molecule has 0 N–H and O–H groups in total. The van der Waals surface area contributed by atoms with E-state index in [1.807, 2.05) is 6.92 Å². The van der Waals surface area contributed by atoms with Gasteiger partial charge >= 0.3 is 0 Å². The normalized spacial score (nSPS) is 48.5. The van der Waals surface area contributed by atoms with Gasteiger partial charge < -0.3 is 0 Å². The summed E-state index contributed by atoms with van der Waals surface area (Å²) >= 11 is 0. The molecule has 2 saturated carbocycles. The van der Waals surface area contributed by atoms with Crippen LogP contribution in [0.5, 0.6) is 0 Å². The van der Waals surface area contributed by atoms with Gasteiger partial charge in [-0.2, -0.15) is 0 Å². The Hall–Kier alpha value is -0.703. The predicted molar refractivity (Wildman–Crippen MR) is 69.9 cm³/mol. The molecule has 0 aromatic carbocycles. The fourth-order valence-electron chi connectivity index (χ4n) is 4.07. The van der Waals surface area contributed by atoms with Gasteiger partial charge in [0.05, 0.1) is 5.04 Å². The van der Waals surface area contributed by atoms with Crippen molar-refractivity contribution in [2.45, 2.75) is 37.6 Å². The third-order valence-electron chi connectivity index (χ3n) is 5.46. The predicted octanol–water partition coefficient (Wildman–Crippen LogP) is 1.29.